The van der Waals surface area contributed by atoms with Crippen LogP contribution in [0.5, 0.6) is 0 Å². The van der Waals surface area contributed by atoms with Gasteiger partial charge in [0.2, 0.25) is 0 Å². The Kier molecular flexibility index (Phi) is 2.82. The van der Waals surface area contributed by atoms with E-state index in [1.165, 1.54) is 0 Å². The van der Waals surface area contributed by atoms with Crippen LogP contribution >= 0.6 is 7.82 Å². The second-order valence-corrected chi connectivity index (χ2v) is 3.15. The first kappa shape index (κ1) is 8.17. The molecule has 0 N–H and O–H groups in total. The zero-order valence-corrected chi connectivity index (χ0v) is 6.50. The summed E-state index contributed by atoms with van der Waals surface area (Å²) in [5.41, 5.74) is 0. The highest BCUT2D eigenvalue weighted by atomic mass is 31.2. The number of phosphoric acid groups is 1. The fourth-order valence-corrected chi connectivity index (χ4v) is 1.49. The number of rotatable bonds is 3. The summed E-state index contributed by atoms with van der Waals surface area (Å²) < 4.78 is 24.6. The fraction of sp³-hybridized carbons (Fsp3) is 1.00. The molecule has 5 nitrogen and oxygen atoms in total. The Morgan fingerprint density at radius 3 is 2.60 bits per heavy atom. The average molecular weight is 168 g/mol. The average Bonchev–Trinajstić information content (AvgIpc) is 2.33. The largest absolute Gasteiger partial charge is 0.502 e. The van der Waals surface area contributed by atoms with E-state index in [2.05, 4.69) is 18.6 Å². The van der Waals surface area contributed by atoms with Gasteiger partial charge in [-0.3, -0.25) is 9.05 Å². The second kappa shape index (κ2) is 3.46. The first-order valence-corrected chi connectivity index (χ1v) is 4.43. The van der Waals surface area contributed by atoms with Crippen molar-refractivity contribution in [3.8, 4) is 0 Å². The molecule has 1 fully saturated rings. The van der Waals surface area contributed by atoms with Gasteiger partial charge in [0.25, 0.3) is 0 Å². The predicted molar refractivity (Wildman–Crippen MR) is 32.2 cm³/mol. The van der Waals surface area contributed by atoms with E-state index in [0.29, 0.717) is 19.8 Å². The maximum Gasteiger partial charge on any atom is 0.502 e. The summed E-state index contributed by atoms with van der Waals surface area (Å²) in [7, 11) is -3.31. The van der Waals surface area contributed by atoms with Gasteiger partial charge in [-0.05, 0) is 6.92 Å². The van der Waals surface area contributed by atoms with Gasteiger partial charge >= 0.3 is 7.82 Å². The van der Waals surface area contributed by atoms with Crippen molar-refractivity contribution >= 4 is 7.82 Å². The topological polar surface area (TPSA) is 54.0 Å². The Balaban J connectivity index is 2.29. The van der Waals surface area contributed by atoms with Crippen molar-refractivity contribution in [3.05, 3.63) is 0 Å². The summed E-state index contributed by atoms with van der Waals surface area (Å²) in [6, 6.07) is 0. The maximum atomic E-state index is 11.0. The van der Waals surface area contributed by atoms with Gasteiger partial charge in [-0.15, -0.1) is 4.67 Å². The Hall–Kier alpha value is 0.0700. The monoisotopic (exact) mass is 168 g/mol. The third kappa shape index (κ3) is 2.04. The van der Waals surface area contributed by atoms with Gasteiger partial charge in [0, 0.05) is 0 Å². The van der Waals surface area contributed by atoms with Crippen molar-refractivity contribution in [1.29, 1.82) is 0 Å². The Labute approximate surface area is 58.8 Å². The lowest BCUT2D eigenvalue weighted by atomic mass is 10.8. The van der Waals surface area contributed by atoms with Gasteiger partial charge in [-0.1, -0.05) is 0 Å². The van der Waals surface area contributed by atoms with Crippen LogP contribution in [0.4, 0.5) is 0 Å². The zero-order valence-electron chi connectivity index (χ0n) is 5.61. The Morgan fingerprint density at radius 1 is 1.50 bits per heavy atom. The summed E-state index contributed by atoms with van der Waals surface area (Å²) >= 11 is 0. The minimum atomic E-state index is -3.31. The van der Waals surface area contributed by atoms with Gasteiger partial charge in [-0.25, -0.2) is 9.45 Å². The molecule has 1 heterocycles. The van der Waals surface area contributed by atoms with Crippen LogP contribution < -0.4 is 0 Å². The second-order valence-electron chi connectivity index (χ2n) is 1.59. The smallest absolute Gasteiger partial charge is 0.283 e. The summed E-state index contributed by atoms with van der Waals surface area (Å²) in [5.74, 6) is 0. The van der Waals surface area contributed by atoms with E-state index in [4.69, 9.17) is 0 Å². The molecule has 0 amide bonds. The van der Waals surface area contributed by atoms with Gasteiger partial charge in [0.05, 0.1) is 19.8 Å². The van der Waals surface area contributed by atoms with Crippen LogP contribution in [0.1, 0.15) is 6.92 Å². The van der Waals surface area contributed by atoms with Crippen molar-refractivity contribution in [2.45, 2.75) is 6.92 Å². The summed E-state index contributed by atoms with van der Waals surface area (Å²) in [6.07, 6.45) is 0. The first-order valence-electron chi connectivity index (χ1n) is 2.97. The molecule has 1 rings (SSSR count). The molecule has 0 bridgehead atoms. The molecule has 0 aromatic rings. The zero-order chi connectivity index (χ0) is 7.45. The lowest BCUT2D eigenvalue weighted by Crippen LogP contribution is -1.91. The molecule has 10 heavy (non-hydrogen) atoms. The van der Waals surface area contributed by atoms with E-state index in [0.717, 1.165) is 0 Å². The standard InChI is InChI=1S/C4H9O5P/c1-2-6-9-10(5)7-3-4-8-10/h2-4H2,1H3. The molecule has 0 aliphatic carbocycles. The van der Waals surface area contributed by atoms with Crippen LogP contribution in [0, 0.1) is 0 Å². The highest BCUT2D eigenvalue weighted by Crippen LogP contribution is 2.52. The lowest BCUT2D eigenvalue weighted by Gasteiger charge is -2.05. The first-order chi connectivity index (χ1) is 4.77. The molecular weight excluding hydrogens is 159 g/mol. The van der Waals surface area contributed by atoms with E-state index >= 15 is 0 Å². The molecule has 0 saturated carbocycles. The molecule has 0 aromatic carbocycles. The molecule has 1 saturated heterocycles. The van der Waals surface area contributed by atoms with Gasteiger partial charge in [0.15, 0.2) is 0 Å². The van der Waals surface area contributed by atoms with E-state index in [1.807, 2.05) is 0 Å². The highest BCUT2D eigenvalue weighted by molar-refractivity contribution is 7.48. The van der Waals surface area contributed by atoms with Gasteiger partial charge in [0.1, 0.15) is 0 Å². The molecule has 0 aromatic heterocycles. The number of hydrogen-bond acceptors (Lipinski definition) is 5. The molecule has 0 atom stereocenters. The SMILES string of the molecule is CCOOP1(=O)OCCO1. The van der Waals surface area contributed by atoms with Crippen molar-refractivity contribution in [2.75, 3.05) is 19.8 Å². The van der Waals surface area contributed by atoms with Gasteiger partial charge in [-0.2, -0.15) is 0 Å². The van der Waals surface area contributed by atoms with E-state index in [1.54, 1.807) is 6.92 Å². The highest BCUT2D eigenvalue weighted by Gasteiger charge is 2.33. The molecule has 1 aliphatic rings. The minimum absolute atomic E-state index is 0.296. The molecule has 0 spiro atoms. The van der Waals surface area contributed by atoms with Crippen LogP contribution in [0.3, 0.4) is 0 Å². The van der Waals surface area contributed by atoms with E-state index in [-0.39, 0.29) is 0 Å². The molecule has 0 radical (unpaired) electrons. The van der Waals surface area contributed by atoms with Crippen LogP contribution in [-0.4, -0.2) is 19.8 Å². The summed E-state index contributed by atoms with van der Waals surface area (Å²) in [6.45, 7) is 2.62. The Morgan fingerprint density at radius 2 is 2.10 bits per heavy atom. The third-order valence-corrected chi connectivity index (χ3v) is 2.13. The van der Waals surface area contributed by atoms with Crippen LogP contribution in [-0.2, 0) is 23.2 Å². The van der Waals surface area contributed by atoms with Crippen molar-refractivity contribution in [1.82, 2.24) is 0 Å². The third-order valence-electron chi connectivity index (χ3n) is 0.844. The van der Waals surface area contributed by atoms with Crippen LogP contribution in [0.15, 0.2) is 0 Å². The van der Waals surface area contributed by atoms with Crippen LogP contribution in [0.25, 0.3) is 0 Å². The predicted octanol–water partition coefficient (Wildman–Crippen LogP) is 1.11. The summed E-state index contributed by atoms with van der Waals surface area (Å²) in [4.78, 5) is 4.41. The summed E-state index contributed by atoms with van der Waals surface area (Å²) in [5, 5.41) is 0. The minimum Gasteiger partial charge on any atom is -0.283 e. The lowest BCUT2D eigenvalue weighted by molar-refractivity contribution is -0.217. The molecule has 1 aliphatic heterocycles. The molecule has 60 valence electrons. The van der Waals surface area contributed by atoms with E-state index in [9.17, 15) is 4.57 Å². The van der Waals surface area contributed by atoms with Gasteiger partial charge < -0.3 is 0 Å². The fourth-order valence-electron chi connectivity index (χ4n) is 0.496. The van der Waals surface area contributed by atoms with E-state index < -0.39 is 7.82 Å². The number of hydrogen-bond donors (Lipinski definition) is 0. The van der Waals surface area contributed by atoms with Crippen molar-refractivity contribution < 1.29 is 23.2 Å². The quantitative estimate of drug-likeness (QED) is 0.359. The normalized spacial score (nSPS) is 23.3. The van der Waals surface area contributed by atoms with Crippen LogP contribution in [0.2, 0.25) is 0 Å². The molecule has 6 heteroatoms. The maximum absolute atomic E-state index is 11.0. The molecule has 0 unspecified atom stereocenters. The molecular formula is C4H9O5P. The van der Waals surface area contributed by atoms with Crippen molar-refractivity contribution in [2.24, 2.45) is 0 Å². The van der Waals surface area contributed by atoms with Crippen molar-refractivity contribution in [3.63, 3.8) is 0 Å². The Bertz CT molecular complexity index is 137. The number of phosphoric ester groups is 1.